The van der Waals surface area contributed by atoms with Crippen LogP contribution in [-0.2, 0) is 30.0 Å². The van der Waals surface area contributed by atoms with Crippen molar-refractivity contribution in [2.24, 2.45) is 0 Å². The minimum atomic E-state index is -3.87. The van der Waals surface area contributed by atoms with Gasteiger partial charge in [0.05, 0.1) is 10.6 Å². The molecule has 1 aliphatic rings. The molecule has 0 bridgehead atoms. The van der Waals surface area contributed by atoms with E-state index in [4.69, 9.17) is 4.74 Å². The van der Waals surface area contributed by atoms with Gasteiger partial charge in [-0.05, 0) is 62.1 Å². The van der Waals surface area contributed by atoms with Crippen molar-refractivity contribution < 1.29 is 22.7 Å². The van der Waals surface area contributed by atoms with Crippen molar-refractivity contribution in [3.8, 4) is 0 Å². The topological polar surface area (TPSA) is 94.5 Å². The van der Waals surface area contributed by atoms with Crippen LogP contribution in [0.2, 0.25) is 0 Å². The van der Waals surface area contributed by atoms with Crippen LogP contribution in [0, 0.1) is 0 Å². The Bertz CT molecular complexity index is 925. The Kier molecular flexibility index (Phi) is 5.36. The van der Waals surface area contributed by atoms with Gasteiger partial charge in [0.1, 0.15) is 0 Å². The van der Waals surface area contributed by atoms with Crippen LogP contribution in [0.15, 0.2) is 47.5 Å². The number of amides is 1. The number of anilines is 1. The third-order valence-electron chi connectivity index (χ3n) is 4.85. The number of hydrogen-bond acceptors (Lipinski definition) is 5. The minimum Gasteiger partial charge on any atom is -0.455 e. The molecule has 1 saturated carbocycles. The summed E-state index contributed by atoms with van der Waals surface area (Å²) in [4.78, 5) is 22.3. The van der Waals surface area contributed by atoms with Crippen LogP contribution >= 0.6 is 0 Å². The van der Waals surface area contributed by atoms with E-state index in [-0.39, 0.29) is 10.8 Å². The number of benzene rings is 1. The second-order valence-electron chi connectivity index (χ2n) is 6.67. The van der Waals surface area contributed by atoms with Crippen molar-refractivity contribution in [3.63, 3.8) is 0 Å². The van der Waals surface area contributed by atoms with E-state index in [1.54, 1.807) is 12.1 Å². The van der Waals surface area contributed by atoms with Gasteiger partial charge in [-0.1, -0.05) is 6.42 Å². The summed E-state index contributed by atoms with van der Waals surface area (Å²) in [6, 6.07) is 9.30. The molecule has 8 heteroatoms. The fourth-order valence-corrected chi connectivity index (χ4v) is 5.03. The fourth-order valence-electron chi connectivity index (χ4n) is 3.60. The SMILES string of the molecule is CC(=O)Nc1ccc(S(=O)(=O)n2cccc2C2(OC=O)CCCCC2)cc1. The van der Waals surface area contributed by atoms with Crippen molar-refractivity contribution in [2.75, 3.05) is 5.32 Å². The van der Waals surface area contributed by atoms with E-state index in [0.29, 0.717) is 30.7 Å². The molecule has 0 radical (unpaired) electrons. The van der Waals surface area contributed by atoms with E-state index < -0.39 is 15.6 Å². The van der Waals surface area contributed by atoms with Crippen molar-refractivity contribution in [1.82, 2.24) is 3.97 Å². The smallest absolute Gasteiger partial charge is 0.294 e. The molecule has 0 aliphatic heterocycles. The molecule has 0 saturated heterocycles. The standard InChI is InChI=1S/C19H22N2O5S/c1-15(23)20-16-7-9-17(10-8-16)27(24,25)21-13-5-6-18(21)19(26-14-22)11-3-2-4-12-19/h5-10,13-14H,2-4,11-12H2,1H3,(H,20,23). The molecular weight excluding hydrogens is 368 g/mol. The zero-order chi connectivity index (χ0) is 19.5. The van der Waals surface area contributed by atoms with Crippen LogP contribution in [0.4, 0.5) is 5.69 Å². The molecule has 1 aliphatic carbocycles. The second-order valence-corrected chi connectivity index (χ2v) is 8.48. The van der Waals surface area contributed by atoms with Crippen molar-refractivity contribution >= 4 is 28.1 Å². The van der Waals surface area contributed by atoms with Gasteiger partial charge in [-0.15, -0.1) is 0 Å². The number of aromatic nitrogens is 1. The van der Waals surface area contributed by atoms with Gasteiger partial charge in [-0.25, -0.2) is 12.4 Å². The fraction of sp³-hybridized carbons (Fsp3) is 0.368. The lowest BCUT2D eigenvalue weighted by Gasteiger charge is -2.36. The van der Waals surface area contributed by atoms with E-state index in [1.165, 1.54) is 41.4 Å². The summed E-state index contributed by atoms with van der Waals surface area (Å²) < 4.78 is 33.0. The Balaban J connectivity index is 2.00. The highest BCUT2D eigenvalue weighted by atomic mass is 32.2. The third kappa shape index (κ3) is 3.75. The maximum absolute atomic E-state index is 13.2. The predicted molar refractivity (Wildman–Crippen MR) is 99.7 cm³/mol. The molecule has 0 spiro atoms. The third-order valence-corrected chi connectivity index (χ3v) is 6.55. The lowest BCUT2D eigenvalue weighted by Crippen LogP contribution is -2.35. The predicted octanol–water partition coefficient (Wildman–Crippen LogP) is 3.02. The lowest BCUT2D eigenvalue weighted by atomic mass is 9.82. The van der Waals surface area contributed by atoms with Gasteiger partial charge in [0, 0.05) is 18.8 Å². The molecule has 144 valence electrons. The molecule has 1 aromatic carbocycles. The first-order chi connectivity index (χ1) is 12.9. The maximum atomic E-state index is 13.2. The quantitative estimate of drug-likeness (QED) is 0.765. The highest BCUT2D eigenvalue weighted by Crippen LogP contribution is 2.41. The van der Waals surface area contributed by atoms with Crippen LogP contribution in [0.1, 0.15) is 44.7 Å². The molecule has 1 amide bonds. The number of carbonyl (C=O) groups excluding carboxylic acids is 2. The first kappa shape index (κ1) is 19.2. The molecule has 7 nitrogen and oxygen atoms in total. The normalized spacial score (nSPS) is 16.5. The molecule has 3 rings (SSSR count). The van der Waals surface area contributed by atoms with Crippen molar-refractivity contribution in [2.45, 2.75) is 49.5 Å². The number of nitrogens with one attached hydrogen (secondary N) is 1. The molecule has 0 unspecified atom stereocenters. The van der Waals surface area contributed by atoms with Gasteiger partial charge in [-0.2, -0.15) is 0 Å². The average Bonchev–Trinajstić information content (AvgIpc) is 3.14. The highest BCUT2D eigenvalue weighted by molar-refractivity contribution is 7.90. The van der Waals surface area contributed by atoms with Gasteiger partial charge >= 0.3 is 0 Å². The van der Waals surface area contributed by atoms with Crippen LogP contribution in [0.5, 0.6) is 0 Å². The Morgan fingerprint density at radius 3 is 2.41 bits per heavy atom. The Morgan fingerprint density at radius 1 is 1.15 bits per heavy atom. The van der Waals surface area contributed by atoms with Crippen LogP contribution < -0.4 is 5.32 Å². The Morgan fingerprint density at radius 2 is 1.81 bits per heavy atom. The summed E-state index contributed by atoms with van der Waals surface area (Å²) in [6.45, 7) is 1.78. The van der Waals surface area contributed by atoms with Gasteiger partial charge < -0.3 is 10.1 Å². The number of carbonyl (C=O) groups is 2. The molecule has 0 atom stereocenters. The summed E-state index contributed by atoms with van der Waals surface area (Å²) in [5, 5.41) is 2.60. The largest absolute Gasteiger partial charge is 0.455 e. The Hall–Kier alpha value is -2.61. The zero-order valence-electron chi connectivity index (χ0n) is 15.1. The van der Waals surface area contributed by atoms with Gasteiger partial charge in [0.2, 0.25) is 5.91 Å². The van der Waals surface area contributed by atoms with E-state index in [9.17, 15) is 18.0 Å². The van der Waals surface area contributed by atoms with Gasteiger partial charge in [0.25, 0.3) is 16.5 Å². The first-order valence-electron chi connectivity index (χ1n) is 8.82. The summed E-state index contributed by atoms with van der Waals surface area (Å²) >= 11 is 0. The summed E-state index contributed by atoms with van der Waals surface area (Å²) in [6.07, 6.45) is 5.41. The first-order valence-corrected chi connectivity index (χ1v) is 10.3. The van der Waals surface area contributed by atoms with E-state index in [2.05, 4.69) is 5.32 Å². The van der Waals surface area contributed by atoms with Gasteiger partial charge in [-0.3, -0.25) is 9.59 Å². The van der Waals surface area contributed by atoms with Crippen LogP contribution in [0.3, 0.4) is 0 Å². The molecule has 1 aromatic heterocycles. The molecule has 1 fully saturated rings. The summed E-state index contributed by atoms with van der Waals surface area (Å²) in [7, 11) is -3.87. The maximum Gasteiger partial charge on any atom is 0.294 e. The number of nitrogens with zero attached hydrogens (tertiary/aromatic N) is 1. The van der Waals surface area contributed by atoms with Crippen molar-refractivity contribution in [3.05, 3.63) is 48.3 Å². The minimum absolute atomic E-state index is 0.0890. The summed E-state index contributed by atoms with van der Waals surface area (Å²) in [5.41, 5.74) is 0.0506. The highest BCUT2D eigenvalue weighted by Gasteiger charge is 2.40. The molecule has 1 heterocycles. The molecule has 2 aromatic rings. The van der Waals surface area contributed by atoms with E-state index >= 15 is 0 Å². The van der Waals surface area contributed by atoms with Crippen LogP contribution in [-0.4, -0.2) is 24.8 Å². The van der Waals surface area contributed by atoms with Gasteiger partial charge in [0.15, 0.2) is 5.60 Å². The Labute approximate surface area is 158 Å². The van der Waals surface area contributed by atoms with E-state index in [0.717, 1.165) is 19.3 Å². The molecular formula is C19H22N2O5S. The average molecular weight is 390 g/mol. The van der Waals surface area contributed by atoms with Crippen molar-refractivity contribution in [1.29, 1.82) is 0 Å². The van der Waals surface area contributed by atoms with Crippen LogP contribution in [0.25, 0.3) is 0 Å². The van der Waals surface area contributed by atoms with E-state index in [1.807, 2.05) is 0 Å². The number of rotatable bonds is 6. The summed E-state index contributed by atoms with van der Waals surface area (Å²) in [5.74, 6) is -0.233. The molecule has 1 N–H and O–H groups in total. The second kappa shape index (κ2) is 7.56. The zero-order valence-corrected chi connectivity index (χ0v) is 15.9. The molecule has 27 heavy (non-hydrogen) atoms. The monoisotopic (exact) mass is 390 g/mol. The number of ether oxygens (including phenoxy) is 1. The number of hydrogen-bond donors (Lipinski definition) is 1. The lowest BCUT2D eigenvalue weighted by molar-refractivity contribution is -0.149.